The van der Waals surface area contributed by atoms with Crippen molar-refractivity contribution in [3.05, 3.63) is 77.9 Å². The maximum atomic E-state index is 13.4. The molecule has 4 aromatic rings. The fourth-order valence-corrected chi connectivity index (χ4v) is 5.88. The SMILES string of the molecule is COCCCn1c([C@@H]2CCCN(C(=O)C[C@H](N)Cc3ccc(-c4ccc(N)nc4)cc3)C2)cc2c(C)nccc21. The minimum absolute atomic E-state index is 0.140. The van der Waals surface area contributed by atoms with Crippen LogP contribution < -0.4 is 11.5 Å². The summed E-state index contributed by atoms with van der Waals surface area (Å²) in [6, 6.07) is 16.2. The zero-order valence-corrected chi connectivity index (χ0v) is 23.6. The number of anilines is 1. The summed E-state index contributed by atoms with van der Waals surface area (Å²) in [6.45, 7) is 5.18. The van der Waals surface area contributed by atoms with Gasteiger partial charge in [0.15, 0.2) is 0 Å². The number of benzene rings is 1. The Bertz CT molecular complexity index is 1430. The number of methoxy groups -OCH3 is 1. The van der Waals surface area contributed by atoms with E-state index < -0.39 is 0 Å². The van der Waals surface area contributed by atoms with Crippen LogP contribution in [0.15, 0.2) is 60.9 Å². The normalized spacial score (nSPS) is 16.4. The van der Waals surface area contributed by atoms with E-state index in [1.54, 1.807) is 19.4 Å². The second-order valence-corrected chi connectivity index (χ2v) is 10.9. The fourth-order valence-electron chi connectivity index (χ4n) is 5.88. The molecule has 1 saturated heterocycles. The fraction of sp³-hybridized carbons (Fsp3) is 0.406. The van der Waals surface area contributed by atoms with E-state index >= 15 is 0 Å². The van der Waals surface area contributed by atoms with E-state index in [0.717, 1.165) is 67.9 Å². The second kappa shape index (κ2) is 12.6. The van der Waals surface area contributed by atoms with E-state index in [0.29, 0.717) is 24.6 Å². The predicted octanol–water partition coefficient (Wildman–Crippen LogP) is 4.69. The first-order valence-electron chi connectivity index (χ1n) is 14.2. The van der Waals surface area contributed by atoms with Gasteiger partial charge in [-0.25, -0.2) is 4.98 Å². The lowest BCUT2D eigenvalue weighted by Crippen LogP contribution is -2.42. The molecule has 1 fully saturated rings. The smallest absolute Gasteiger partial charge is 0.224 e. The van der Waals surface area contributed by atoms with Crippen LogP contribution in [0.4, 0.5) is 5.82 Å². The standard InChI is InChI=1S/C32H40N6O2/c1-22-28-19-30(38(15-4-16-40-2)29(28)12-13-35-22)26-5-3-14-37(21-26)32(39)18-27(33)17-23-6-8-24(9-7-23)25-10-11-31(34)36-20-25/h6-13,19-20,26-27H,3-5,14-18,21,33H2,1-2H3,(H2,34,36)/t26-,27-/m1/s1. The molecule has 4 heterocycles. The van der Waals surface area contributed by atoms with Crippen LogP contribution in [0.5, 0.6) is 0 Å². The molecule has 3 aromatic heterocycles. The van der Waals surface area contributed by atoms with Gasteiger partial charge in [0.25, 0.3) is 0 Å². The van der Waals surface area contributed by atoms with E-state index in [1.165, 1.54) is 16.6 Å². The van der Waals surface area contributed by atoms with Crippen LogP contribution in [-0.2, 0) is 22.5 Å². The lowest BCUT2D eigenvalue weighted by molar-refractivity contribution is -0.132. The first-order valence-corrected chi connectivity index (χ1v) is 14.2. The minimum Gasteiger partial charge on any atom is -0.385 e. The predicted molar refractivity (Wildman–Crippen MR) is 160 cm³/mol. The molecule has 5 rings (SSSR count). The summed E-state index contributed by atoms with van der Waals surface area (Å²) in [5.41, 5.74) is 18.9. The van der Waals surface area contributed by atoms with Crippen molar-refractivity contribution in [1.29, 1.82) is 0 Å². The zero-order valence-electron chi connectivity index (χ0n) is 23.6. The summed E-state index contributed by atoms with van der Waals surface area (Å²) in [6.07, 6.45) is 7.66. The molecular weight excluding hydrogens is 500 g/mol. The van der Waals surface area contributed by atoms with Crippen molar-refractivity contribution in [3.8, 4) is 11.1 Å². The number of rotatable bonds is 10. The van der Waals surface area contributed by atoms with E-state index in [-0.39, 0.29) is 11.9 Å². The first kappa shape index (κ1) is 27.8. The maximum Gasteiger partial charge on any atom is 0.224 e. The Hall–Kier alpha value is -3.75. The van der Waals surface area contributed by atoms with Crippen LogP contribution >= 0.6 is 0 Å². The number of nitrogens with two attached hydrogens (primary N) is 2. The molecule has 0 spiro atoms. The van der Waals surface area contributed by atoms with Gasteiger partial charge in [0.05, 0.1) is 5.52 Å². The summed E-state index contributed by atoms with van der Waals surface area (Å²) >= 11 is 0. The molecule has 210 valence electrons. The zero-order chi connectivity index (χ0) is 28.1. The number of nitrogen functional groups attached to an aromatic ring is 1. The molecule has 1 aliphatic rings. The highest BCUT2D eigenvalue weighted by molar-refractivity contribution is 5.83. The van der Waals surface area contributed by atoms with E-state index in [1.807, 2.05) is 17.2 Å². The molecule has 2 atom stereocenters. The van der Waals surface area contributed by atoms with Crippen molar-refractivity contribution in [2.45, 2.75) is 57.5 Å². The number of hydrogen-bond donors (Lipinski definition) is 2. The molecule has 1 aliphatic heterocycles. The number of carbonyl (C=O) groups excluding carboxylic acids is 1. The van der Waals surface area contributed by atoms with Gasteiger partial charge in [-0.1, -0.05) is 24.3 Å². The Morgan fingerprint density at radius 2 is 1.93 bits per heavy atom. The highest BCUT2D eigenvalue weighted by atomic mass is 16.5. The van der Waals surface area contributed by atoms with Gasteiger partial charge in [-0.05, 0) is 68.0 Å². The third-order valence-electron chi connectivity index (χ3n) is 7.99. The Balaban J connectivity index is 1.22. The number of ether oxygens (including phenoxy) is 1. The monoisotopic (exact) mass is 540 g/mol. The molecule has 4 N–H and O–H groups in total. The minimum atomic E-state index is -0.230. The van der Waals surface area contributed by atoms with Crippen LogP contribution in [0, 0.1) is 6.92 Å². The van der Waals surface area contributed by atoms with Gasteiger partial charge in [0.2, 0.25) is 5.91 Å². The lowest BCUT2D eigenvalue weighted by atomic mass is 9.93. The number of fused-ring (bicyclic) bond motifs is 1. The average Bonchev–Trinajstić information content (AvgIpc) is 3.34. The summed E-state index contributed by atoms with van der Waals surface area (Å²) in [4.78, 5) is 24.1. The molecule has 0 saturated carbocycles. The number of carbonyl (C=O) groups is 1. The molecular formula is C32H40N6O2. The van der Waals surface area contributed by atoms with Crippen molar-refractivity contribution in [3.63, 3.8) is 0 Å². The summed E-state index contributed by atoms with van der Waals surface area (Å²) in [5.74, 6) is 0.938. The van der Waals surface area contributed by atoms with Crippen molar-refractivity contribution < 1.29 is 9.53 Å². The molecule has 0 aliphatic carbocycles. The van der Waals surface area contributed by atoms with Crippen LogP contribution in [0.2, 0.25) is 0 Å². The van der Waals surface area contributed by atoms with Gasteiger partial charge >= 0.3 is 0 Å². The molecule has 0 bridgehead atoms. The van der Waals surface area contributed by atoms with Gasteiger partial charge in [0.1, 0.15) is 5.82 Å². The molecule has 1 aromatic carbocycles. The molecule has 8 nitrogen and oxygen atoms in total. The summed E-state index contributed by atoms with van der Waals surface area (Å²) in [7, 11) is 1.74. The largest absolute Gasteiger partial charge is 0.385 e. The van der Waals surface area contributed by atoms with E-state index in [4.69, 9.17) is 16.2 Å². The third kappa shape index (κ3) is 6.35. The van der Waals surface area contributed by atoms with E-state index in [9.17, 15) is 4.79 Å². The number of hydrogen-bond acceptors (Lipinski definition) is 6. The molecule has 1 amide bonds. The van der Waals surface area contributed by atoms with Crippen molar-refractivity contribution in [2.75, 3.05) is 32.5 Å². The van der Waals surface area contributed by atoms with Gasteiger partial charge in [0, 0.05) is 86.5 Å². The van der Waals surface area contributed by atoms with E-state index in [2.05, 4.69) is 57.9 Å². The Morgan fingerprint density at radius 1 is 1.12 bits per heavy atom. The third-order valence-corrected chi connectivity index (χ3v) is 7.99. The van der Waals surface area contributed by atoms with Gasteiger partial charge in [-0.15, -0.1) is 0 Å². The summed E-state index contributed by atoms with van der Waals surface area (Å²) < 4.78 is 7.74. The van der Waals surface area contributed by atoms with Crippen LogP contribution in [0.25, 0.3) is 22.0 Å². The molecule has 0 radical (unpaired) electrons. The molecule has 40 heavy (non-hydrogen) atoms. The maximum absolute atomic E-state index is 13.4. The van der Waals surface area contributed by atoms with Crippen LogP contribution in [0.1, 0.15) is 48.6 Å². The number of nitrogens with zero attached hydrogens (tertiary/aromatic N) is 4. The summed E-state index contributed by atoms with van der Waals surface area (Å²) in [5, 5.41) is 1.19. The van der Waals surface area contributed by atoms with Crippen molar-refractivity contribution in [2.24, 2.45) is 5.73 Å². The van der Waals surface area contributed by atoms with Crippen molar-refractivity contribution >= 4 is 22.6 Å². The Kier molecular flexibility index (Phi) is 8.77. The van der Waals surface area contributed by atoms with Gasteiger partial charge in [-0.2, -0.15) is 0 Å². The molecule has 8 heteroatoms. The highest BCUT2D eigenvalue weighted by Crippen LogP contribution is 2.33. The van der Waals surface area contributed by atoms with Gasteiger partial charge < -0.3 is 25.7 Å². The van der Waals surface area contributed by atoms with Gasteiger partial charge in [-0.3, -0.25) is 9.78 Å². The van der Waals surface area contributed by atoms with Crippen molar-refractivity contribution in [1.82, 2.24) is 19.4 Å². The topological polar surface area (TPSA) is 112 Å². The number of likely N-dealkylation sites (tertiary alicyclic amines) is 1. The van der Waals surface area contributed by atoms with Crippen LogP contribution in [0.3, 0.4) is 0 Å². The quantitative estimate of drug-likeness (QED) is 0.282. The number of aryl methyl sites for hydroxylation is 2. The lowest BCUT2D eigenvalue weighted by Gasteiger charge is -2.34. The number of amides is 1. The number of aromatic nitrogens is 3. The highest BCUT2D eigenvalue weighted by Gasteiger charge is 2.28. The number of piperidine rings is 1. The second-order valence-electron chi connectivity index (χ2n) is 10.9. The van der Waals surface area contributed by atoms with Crippen LogP contribution in [-0.4, -0.2) is 58.2 Å². The Labute approximate surface area is 236 Å². The first-order chi connectivity index (χ1) is 19.4. The Morgan fingerprint density at radius 3 is 2.67 bits per heavy atom. The molecule has 0 unspecified atom stereocenters. The average molecular weight is 541 g/mol. The number of pyridine rings is 2.